The van der Waals surface area contributed by atoms with Crippen LogP contribution in [0.3, 0.4) is 0 Å². The lowest BCUT2D eigenvalue weighted by atomic mass is 9.99. The molecule has 9 aromatic rings. The minimum Gasteiger partial charge on any atom is -0.455 e. The third-order valence-electron chi connectivity index (χ3n) is 10.5. The Balaban J connectivity index is 1.14. The van der Waals surface area contributed by atoms with Crippen LogP contribution in [0, 0.1) is 0 Å². The summed E-state index contributed by atoms with van der Waals surface area (Å²) < 4.78 is 6.63. The van der Waals surface area contributed by atoms with E-state index in [0.29, 0.717) is 17.5 Å². The number of hydrogen-bond donors (Lipinski definition) is 0. The summed E-state index contributed by atoms with van der Waals surface area (Å²) in [5.74, 6) is 1.96. The van der Waals surface area contributed by atoms with E-state index in [0.717, 1.165) is 49.8 Å². The molecule has 1 aliphatic rings. The monoisotopic (exact) mass is 683 g/mol. The number of aromatic nitrogens is 3. The lowest BCUT2D eigenvalue weighted by Gasteiger charge is -2.22. The van der Waals surface area contributed by atoms with E-state index >= 15 is 0 Å². The molecule has 7 aromatic carbocycles. The van der Waals surface area contributed by atoms with E-state index in [1.165, 1.54) is 32.6 Å². The summed E-state index contributed by atoms with van der Waals surface area (Å²) in [6, 6.07) is 57.5. The molecule has 0 spiro atoms. The van der Waals surface area contributed by atoms with Gasteiger partial charge in [-0.25, -0.2) is 15.0 Å². The van der Waals surface area contributed by atoms with Crippen molar-refractivity contribution in [2.45, 2.75) is 13.1 Å². The van der Waals surface area contributed by atoms with Gasteiger partial charge in [0.05, 0.1) is 0 Å². The molecule has 0 unspecified atom stereocenters. The second kappa shape index (κ2) is 11.8. The molecule has 0 atom stereocenters. The van der Waals surface area contributed by atoms with Crippen LogP contribution in [0.1, 0.15) is 0 Å². The Morgan fingerprint density at radius 3 is 1.75 bits per heavy atom. The van der Waals surface area contributed by atoms with Crippen molar-refractivity contribution in [3.05, 3.63) is 164 Å². The zero-order chi connectivity index (χ0) is 34.8. The van der Waals surface area contributed by atoms with Gasteiger partial charge in [-0.2, -0.15) is 0 Å². The third kappa shape index (κ3) is 4.85. The predicted octanol–water partition coefficient (Wildman–Crippen LogP) is 10.9. The van der Waals surface area contributed by atoms with Gasteiger partial charge in [-0.3, -0.25) is 0 Å². The molecule has 10 rings (SSSR count). The molecule has 246 valence electrons. The van der Waals surface area contributed by atoms with Crippen LogP contribution in [-0.2, 0) is 0 Å². The van der Waals surface area contributed by atoms with Gasteiger partial charge < -0.3 is 4.42 Å². The number of rotatable bonds is 5. The molecule has 0 saturated carbocycles. The topological polar surface area (TPSA) is 51.8 Å². The standard InChI is InChI=1S/C47H33N3OSi/c1-52(2)42-29-33(30-14-6-3-7-15-30)24-27-37(42)39-22-13-23-40(44(39)52)47-49-45(32-18-10-5-11-19-32)48-46(50-47)34-25-26-36-38-21-12-20-35(31-16-8-4-9-17-31)43(38)51-41(36)28-34/h3-29H,1-2H3. The van der Waals surface area contributed by atoms with Crippen molar-refractivity contribution in [2.24, 2.45) is 0 Å². The summed E-state index contributed by atoms with van der Waals surface area (Å²) in [6.07, 6.45) is 0. The Kier molecular flexibility index (Phi) is 6.91. The summed E-state index contributed by atoms with van der Waals surface area (Å²) in [5.41, 5.74) is 11.9. The zero-order valence-electron chi connectivity index (χ0n) is 28.8. The SMILES string of the molecule is C[Si]1(C)c2cc(-c3ccccc3)ccc2-c2cccc(-c3nc(-c4ccccc4)nc(-c4ccc5c(c4)oc4c(-c6ccccc6)cccc45)n3)c21. The first-order valence-electron chi connectivity index (χ1n) is 17.7. The Morgan fingerprint density at radius 2 is 1.00 bits per heavy atom. The van der Waals surface area contributed by atoms with Crippen molar-refractivity contribution in [2.75, 3.05) is 0 Å². The molecule has 1 aliphatic heterocycles. The number of furan rings is 1. The quantitative estimate of drug-likeness (QED) is 0.169. The van der Waals surface area contributed by atoms with E-state index in [1.807, 2.05) is 24.3 Å². The van der Waals surface area contributed by atoms with Gasteiger partial charge in [-0.1, -0.05) is 165 Å². The Bertz CT molecular complexity index is 2810. The van der Waals surface area contributed by atoms with Crippen molar-refractivity contribution in [3.63, 3.8) is 0 Å². The van der Waals surface area contributed by atoms with E-state index in [1.54, 1.807) is 0 Å². The highest BCUT2D eigenvalue weighted by atomic mass is 28.3. The summed E-state index contributed by atoms with van der Waals surface area (Å²) in [4.78, 5) is 15.5. The van der Waals surface area contributed by atoms with Gasteiger partial charge in [0.15, 0.2) is 17.5 Å². The van der Waals surface area contributed by atoms with Crippen molar-refractivity contribution in [1.29, 1.82) is 0 Å². The molecule has 0 bridgehead atoms. The maximum atomic E-state index is 6.63. The first-order chi connectivity index (χ1) is 25.5. The predicted molar refractivity (Wildman–Crippen MR) is 216 cm³/mol. The molecule has 2 aromatic heterocycles. The molecule has 0 aliphatic carbocycles. The van der Waals surface area contributed by atoms with E-state index in [-0.39, 0.29) is 0 Å². The summed E-state index contributed by atoms with van der Waals surface area (Å²) in [7, 11) is -2.17. The molecular weight excluding hydrogens is 651 g/mol. The van der Waals surface area contributed by atoms with Crippen molar-refractivity contribution in [1.82, 2.24) is 15.0 Å². The molecule has 0 radical (unpaired) electrons. The van der Waals surface area contributed by atoms with Crippen LogP contribution in [-0.4, -0.2) is 23.0 Å². The van der Waals surface area contributed by atoms with Crippen LogP contribution in [0.15, 0.2) is 168 Å². The Labute approximate surface area is 303 Å². The van der Waals surface area contributed by atoms with Crippen LogP contribution in [0.4, 0.5) is 0 Å². The van der Waals surface area contributed by atoms with Crippen LogP contribution in [0.5, 0.6) is 0 Å². The van der Waals surface area contributed by atoms with Crippen LogP contribution in [0.25, 0.3) is 89.5 Å². The van der Waals surface area contributed by atoms with Gasteiger partial charge in [0.25, 0.3) is 0 Å². The van der Waals surface area contributed by atoms with Crippen LogP contribution in [0.2, 0.25) is 13.1 Å². The molecule has 52 heavy (non-hydrogen) atoms. The smallest absolute Gasteiger partial charge is 0.164 e. The van der Waals surface area contributed by atoms with Gasteiger partial charge in [0.2, 0.25) is 0 Å². The van der Waals surface area contributed by atoms with Crippen molar-refractivity contribution < 1.29 is 4.42 Å². The first-order valence-corrected chi connectivity index (χ1v) is 20.7. The van der Waals surface area contributed by atoms with Crippen LogP contribution < -0.4 is 10.4 Å². The molecule has 0 N–H and O–H groups in total. The molecule has 5 heteroatoms. The molecule has 3 heterocycles. The lowest BCUT2D eigenvalue weighted by Crippen LogP contribution is -2.50. The molecular formula is C47H33N3OSi. The average Bonchev–Trinajstić information content (AvgIpc) is 3.70. The minimum atomic E-state index is -2.17. The van der Waals surface area contributed by atoms with Gasteiger partial charge in [-0.05, 0) is 50.3 Å². The number of hydrogen-bond acceptors (Lipinski definition) is 4. The van der Waals surface area contributed by atoms with Crippen molar-refractivity contribution in [3.8, 4) is 67.5 Å². The highest BCUT2D eigenvalue weighted by Crippen LogP contribution is 2.38. The van der Waals surface area contributed by atoms with E-state index in [2.05, 4.69) is 153 Å². The normalized spacial score (nSPS) is 13.0. The fraction of sp³-hybridized carbons (Fsp3) is 0.0426. The second-order valence-corrected chi connectivity index (χ2v) is 18.3. The largest absolute Gasteiger partial charge is 0.455 e. The lowest BCUT2D eigenvalue weighted by molar-refractivity contribution is 0.670. The highest BCUT2D eigenvalue weighted by molar-refractivity contribution is 7.04. The number of fused-ring (bicyclic) bond motifs is 6. The van der Waals surface area contributed by atoms with Gasteiger partial charge in [0, 0.05) is 33.0 Å². The molecule has 0 saturated heterocycles. The summed E-state index contributed by atoms with van der Waals surface area (Å²) in [5, 5.41) is 4.97. The van der Waals surface area contributed by atoms with E-state index in [4.69, 9.17) is 19.4 Å². The fourth-order valence-electron chi connectivity index (χ4n) is 8.00. The molecule has 4 nitrogen and oxygen atoms in total. The van der Waals surface area contributed by atoms with Gasteiger partial charge in [0.1, 0.15) is 19.2 Å². The fourth-order valence-corrected chi connectivity index (χ4v) is 11.4. The Morgan fingerprint density at radius 1 is 0.404 bits per heavy atom. The highest BCUT2D eigenvalue weighted by Gasteiger charge is 2.40. The summed E-state index contributed by atoms with van der Waals surface area (Å²) >= 11 is 0. The molecule has 0 amide bonds. The third-order valence-corrected chi connectivity index (χ3v) is 14.1. The summed E-state index contributed by atoms with van der Waals surface area (Å²) in [6.45, 7) is 4.91. The van der Waals surface area contributed by atoms with Gasteiger partial charge in [-0.15, -0.1) is 0 Å². The van der Waals surface area contributed by atoms with Gasteiger partial charge >= 0.3 is 0 Å². The maximum Gasteiger partial charge on any atom is 0.164 e. The first kappa shape index (κ1) is 30.4. The van der Waals surface area contributed by atoms with E-state index in [9.17, 15) is 0 Å². The zero-order valence-corrected chi connectivity index (χ0v) is 29.8. The second-order valence-electron chi connectivity index (χ2n) is 14.0. The van der Waals surface area contributed by atoms with Crippen molar-refractivity contribution >= 4 is 40.4 Å². The maximum absolute atomic E-state index is 6.63. The Hall–Kier alpha value is -6.43. The number of nitrogens with zero attached hydrogens (tertiary/aromatic N) is 3. The molecule has 0 fully saturated rings. The number of benzene rings is 7. The minimum absolute atomic E-state index is 0.619. The number of para-hydroxylation sites is 1. The average molecular weight is 684 g/mol. The van der Waals surface area contributed by atoms with Crippen LogP contribution >= 0.6 is 0 Å². The van der Waals surface area contributed by atoms with E-state index < -0.39 is 8.07 Å².